The topological polar surface area (TPSA) is 0 Å². The van der Waals surface area contributed by atoms with Gasteiger partial charge in [-0.2, -0.15) is 0 Å². The molecule has 0 radical (unpaired) electrons. The fourth-order valence-corrected chi connectivity index (χ4v) is 1.78. The van der Waals surface area contributed by atoms with Gasteiger partial charge in [0.25, 0.3) is 0 Å². The van der Waals surface area contributed by atoms with E-state index in [1.807, 2.05) is 12.2 Å². The van der Waals surface area contributed by atoms with Gasteiger partial charge in [0.2, 0.25) is 0 Å². The molecule has 2 rings (SSSR count). The average Bonchev–Trinajstić information content (AvgIpc) is 2.75. The molecule has 0 spiro atoms. The van der Waals surface area contributed by atoms with Gasteiger partial charge in [-0.1, -0.05) is 24.3 Å². The molecule has 0 aromatic carbocycles. The SMILES string of the molecule is C(=CC1=CC=CC1)=Cc1cccs1. The molecule has 0 atom stereocenters. The monoisotopic (exact) mass is 186 g/mol. The van der Waals surface area contributed by atoms with Gasteiger partial charge in [0.1, 0.15) is 0 Å². The number of hydrogen-bond acceptors (Lipinski definition) is 1. The van der Waals surface area contributed by atoms with Crippen LogP contribution in [0, 0.1) is 0 Å². The molecule has 1 aromatic rings. The second-order valence-corrected chi connectivity index (χ2v) is 3.82. The highest BCUT2D eigenvalue weighted by Gasteiger charge is 1.91. The Morgan fingerprint density at radius 3 is 3.08 bits per heavy atom. The van der Waals surface area contributed by atoms with E-state index in [0.29, 0.717) is 0 Å². The molecule has 1 aromatic heterocycles. The molecule has 1 aliphatic carbocycles. The molecule has 0 aliphatic heterocycles. The molecule has 0 unspecified atom stereocenters. The summed E-state index contributed by atoms with van der Waals surface area (Å²) >= 11 is 1.73. The molecule has 0 saturated carbocycles. The number of rotatable bonds is 2. The van der Waals surface area contributed by atoms with Gasteiger partial charge in [0.05, 0.1) is 0 Å². The maximum absolute atomic E-state index is 3.18. The second-order valence-electron chi connectivity index (χ2n) is 2.84. The minimum absolute atomic E-state index is 1.05. The van der Waals surface area contributed by atoms with Crippen LogP contribution in [0.15, 0.2) is 53.1 Å². The molecular formula is C12H10S. The van der Waals surface area contributed by atoms with Gasteiger partial charge in [0, 0.05) is 4.88 Å². The molecule has 13 heavy (non-hydrogen) atoms. The molecule has 1 aliphatic rings. The van der Waals surface area contributed by atoms with Gasteiger partial charge >= 0.3 is 0 Å². The van der Waals surface area contributed by atoms with E-state index in [0.717, 1.165) is 6.42 Å². The molecule has 64 valence electrons. The van der Waals surface area contributed by atoms with Gasteiger partial charge < -0.3 is 0 Å². The van der Waals surface area contributed by atoms with Crippen molar-refractivity contribution in [3.8, 4) is 0 Å². The lowest BCUT2D eigenvalue weighted by molar-refractivity contribution is 1.34. The third-order valence-corrected chi connectivity index (χ3v) is 2.66. The van der Waals surface area contributed by atoms with Crippen LogP contribution in [-0.4, -0.2) is 0 Å². The Balaban J connectivity index is 2.05. The van der Waals surface area contributed by atoms with Crippen molar-refractivity contribution in [3.05, 3.63) is 58.0 Å². The summed E-state index contributed by atoms with van der Waals surface area (Å²) in [6.07, 6.45) is 11.5. The van der Waals surface area contributed by atoms with Gasteiger partial charge in [-0.15, -0.1) is 17.1 Å². The van der Waals surface area contributed by atoms with E-state index in [-0.39, 0.29) is 0 Å². The van der Waals surface area contributed by atoms with Crippen molar-refractivity contribution in [2.75, 3.05) is 0 Å². The normalized spacial score (nSPS) is 13.7. The van der Waals surface area contributed by atoms with Crippen molar-refractivity contribution in [3.63, 3.8) is 0 Å². The zero-order valence-electron chi connectivity index (χ0n) is 7.23. The minimum atomic E-state index is 1.05. The first-order valence-corrected chi connectivity index (χ1v) is 5.15. The van der Waals surface area contributed by atoms with Crippen molar-refractivity contribution in [1.82, 2.24) is 0 Å². The lowest BCUT2D eigenvalue weighted by Gasteiger charge is -1.84. The standard InChI is InChI=1S/C12H10S/c1-2-6-11(5-1)7-3-8-12-9-4-10-13-12/h1-2,4-5,7-10H,6H2. The van der Waals surface area contributed by atoms with E-state index in [2.05, 4.69) is 41.5 Å². The van der Waals surface area contributed by atoms with Crippen molar-refractivity contribution in [1.29, 1.82) is 0 Å². The molecule has 0 bridgehead atoms. The highest BCUT2D eigenvalue weighted by atomic mass is 32.1. The Labute approximate surface area is 82.2 Å². The first-order valence-electron chi connectivity index (χ1n) is 4.27. The lowest BCUT2D eigenvalue weighted by Crippen LogP contribution is -1.65. The predicted molar refractivity (Wildman–Crippen MR) is 58.7 cm³/mol. The third-order valence-electron chi connectivity index (χ3n) is 1.84. The van der Waals surface area contributed by atoms with Crippen LogP contribution >= 0.6 is 11.3 Å². The Kier molecular flexibility index (Phi) is 2.61. The summed E-state index contributed by atoms with van der Waals surface area (Å²) in [7, 11) is 0. The third kappa shape index (κ3) is 2.32. The molecular weight excluding hydrogens is 176 g/mol. The molecule has 0 fully saturated rings. The fraction of sp³-hybridized carbons (Fsp3) is 0.0833. The summed E-state index contributed by atoms with van der Waals surface area (Å²) in [6, 6.07) is 4.14. The van der Waals surface area contributed by atoms with Crippen LogP contribution in [0.1, 0.15) is 11.3 Å². The van der Waals surface area contributed by atoms with Crippen molar-refractivity contribution >= 4 is 17.4 Å². The summed E-state index contributed by atoms with van der Waals surface area (Å²) in [5.41, 5.74) is 4.51. The maximum atomic E-state index is 3.18. The Morgan fingerprint density at radius 1 is 1.38 bits per heavy atom. The van der Waals surface area contributed by atoms with Crippen molar-refractivity contribution in [2.45, 2.75) is 6.42 Å². The van der Waals surface area contributed by atoms with E-state index in [9.17, 15) is 0 Å². The quantitative estimate of drug-likeness (QED) is 0.616. The fourth-order valence-electron chi connectivity index (χ4n) is 1.18. The minimum Gasteiger partial charge on any atom is -0.144 e. The van der Waals surface area contributed by atoms with E-state index in [1.165, 1.54) is 10.5 Å². The lowest BCUT2D eigenvalue weighted by atomic mass is 10.2. The van der Waals surface area contributed by atoms with Gasteiger partial charge in [0.15, 0.2) is 0 Å². The number of hydrogen-bond donors (Lipinski definition) is 0. The number of thiophene rings is 1. The first-order chi connectivity index (χ1) is 6.45. The average molecular weight is 186 g/mol. The van der Waals surface area contributed by atoms with Gasteiger partial charge in [-0.25, -0.2) is 0 Å². The van der Waals surface area contributed by atoms with Crippen LogP contribution in [0.4, 0.5) is 0 Å². The highest BCUT2D eigenvalue weighted by Crippen LogP contribution is 2.12. The molecule has 1 heterocycles. The van der Waals surface area contributed by atoms with Gasteiger partial charge in [-0.3, -0.25) is 0 Å². The van der Waals surface area contributed by atoms with Crippen LogP contribution in [0.25, 0.3) is 6.08 Å². The smallest absolute Gasteiger partial charge is 0.0347 e. The summed E-state index contributed by atoms with van der Waals surface area (Å²) in [5, 5.41) is 2.07. The van der Waals surface area contributed by atoms with Crippen molar-refractivity contribution < 1.29 is 0 Å². The van der Waals surface area contributed by atoms with Crippen LogP contribution in [0.3, 0.4) is 0 Å². The van der Waals surface area contributed by atoms with Crippen LogP contribution in [0.5, 0.6) is 0 Å². The summed E-state index contributed by atoms with van der Waals surface area (Å²) in [5.74, 6) is 0. The summed E-state index contributed by atoms with van der Waals surface area (Å²) < 4.78 is 0. The maximum Gasteiger partial charge on any atom is 0.0347 e. The predicted octanol–water partition coefficient (Wildman–Crippen LogP) is 3.80. The largest absolute Gasteiger partial charge is 0.144 e. The zero-order chi connectivity index (χ0) is 8.93. The zero-order valence-corrected chi connectivity index (χ0v) is 8.05. The first kappa shape index (κ1) is 8.31. The van der Waals surface area contributed by atoms with E-state index in [1.54, 1.807) is 11.3 Å². The molecule has 0 saturated heterocycles. The second kappa shape index (κ2) is 4.08. The Bertz CT molecular complexity index is 385. The number of allylic oxidation sites excluding steroid dienone is 5. The van der Waals surface area contributed by atoms with E-state index in [4.69, 9.17) is 0 Å². The molecule has 0 nitrogen and oxygen atoms in total. The molecule has 0 N–H and O–H groups in total. The Morgan fingerprint density at radius 2 is 2.38 bits per heavy atom. The van der Waals surface area contributed by atoms with Crippen molar-refractivity contribution in [2.24, 2.45) is 0 Å². The van der Waals surface area contributed by atoms with Crippen LogP contribution in [-0.2, 0) is 0 Å². The van der Waals surface area contributed by atoms with Gasteiger partial charge in [-0.05, 0) is 35.6 Å². The van der Waals surface area contributed by atoms with Crippen LogP contribution in [0.2, 0.25) is 0 Å². The molecule has 1 heteroatoms. The van der Waals surface area contributed by atoms with E-state index >= 15 is 0 Å². The summed E-state index contributed by atoms with van der Waals surface area (Å²) in [6.45, 7) is 0. The Hall–Kier alpha value is -1.30. The summed E-state index contributed by atoms with van der Waals surface area (Å²) in [4.78, 5) is 1.25. The molecule has 0 amide bonds. The van der Waals surface area contributed by atoms with Crippen LogP contribution < -0.4 is 0 Å². The highest BCUT2D eigenvalue weighted by molar-refractivity contribution is 7.10. The van der Waals surface area contributed by atoms with E-state index < -0.39 is 0 Å².